The SMILES string of the molecule is C[C@@H]1C[C@]2(C)C3CC[C@@]4(C)C(CC[C@@H]4O[Si](C)(C)C(C)(C)C)C3[C@H]3OC(C)(C)O[C@@H]3C2CC1=O. The first-order chi connectivity index (χ1) is 15.5. The molecule has 0 N–H and O–H groups in total. The van der Waals surface area contributed by atoms with Crippen molar-refractivity contribution in [3.05, 3.63) is 0 Å². The molecule has 34 heavy (non-hydrogen) atoms. The molecule has 0 amide bonds. The number of fused-ring (bicyclic) bond motifs is 8. The fraction of sp³-hybridized carbons (Fsp3) is 0.966. The lowest BCUT2D eigenvalue weighted by molar-refractivity contribution is -0.188. The van der Waals surface area contributed by atoms with Gasteiger partial charge in [0.2, 0.25) is 0 Å². The Morgan fingerprint density at radius 3 is 2.18 bits per heavy atom. The highest BCUT2D eigenvalue weighted by molar-refractivity contribution is 6.74. The molecule has 0 bridgehead atoms. The molecule has 4 nitrogen and oxygen atoms in total. The van der Waals surface area contributed by atoms with Gasteiger partial charge in [0.15, 0.2) is 14.1 Å². The summed E-state index contributed by atoms with van der Waals surface area (Å²) in [7, 11) is -1.84. The molecule has 4 aliphatic carbocycles. The van der Waals surface area contributed by atoms with Gasteiger partial charge in [0, 0.05) is 18.3 Å². The Bertz CT molecular complexity index is 846. The molecular weight excluding hydrogens is 440 g/mol. The van der Waals surface area contributed by atoms with Crippen LogP contribution < -0.4 is 0 Å². The van der Waals surface area contributed by atoms with Gasteiger partial charge >= 0.3 is 0 Å². The zero-order valence-corrected chi connectivity index (χ0v) is 24.5. The standard InChI is InChI=1S/C29H50O4Si/c1-17-16-29(8)19-13-14-28(7)18(11-12-22(28)33-34(9,10)26(2,3)4)23(19)25-24(20(29)15-21(17)30)31-27(5,6)32-25/h17-20,22-25H,11-16H2,1-10H3/t17-,18?,19?,20?,22+,23?,24-,25-,28+,29-/m1/s1. The Hall–Kier alpha value is -0.233. The Morgan fingerprint density at radius 1 is 0.912 bits per heavy atom. The predicted octanol–water partition coefficient (Wildman–Crippen LogP) is 6.97. The van der Waals surface area contributed by atoms with E-state index in [0.717, 1.165) is 6.42 Å². The van der Waals surface area contributed by atoms with Crippen molar-refractivity contribution in [2.75, 3.05) is 0 Å². The molecule has 5 heteroatoms. The fourth-order valence-corrected chi connectivity index (χ4v) is 10.5. The number of hydrogen-bond donors (Lipinski definition) is 0. The first-order valence-corrected chi connectivity index (χ1v) is 17.0. The lowest BCUT2D eigenvalue weighted by Gasteiger charge is -2.63. The van der Waals surface area contributed by atoms with Crippen LogP contribution in [0.4, 0.5) is 0 Å². The predicted molar refractivity (Wildman–Crippen MR) is 138 cm³/mol. The third-order valence-electron chi connectivity index (χ3n) is 11.8. The number of hydrogen-bond acceptors (Lipinski definition) is 4. The molecule has 0 radical (unpaired) electrons. The molecule has 4 unspecified atom stereocenters. The molecule has 0 aromatic heterocycles. The molecule has 0 spiro atoms. The van der Waals surface area contributed by atoms with Gasteiger partial charge in [0.05, 0.1) is 18.3 Å². The van der Waals surface area contributed by atoms with Crippen molar-refractivity contribution < 1.29 is 18.7 Å². The first-order valence-electron chi connectivity index (χ1n) is 14.1. The zero-order chi connectivity index (χ0) is 25.1. The number of ketones is 1. The summed E-state index contributed by atoms with van der Waals surface area (Å²) in [5, 5.41) is 0.229. The van der Waals surface area contributed by atoms with Crippen molar-refractivity contribution in [2.45, 2.75) is 136 Å². The van der Waals surface area contributed by atoms with Crippen molar-refractivity contribution in [1.29, 1.82) is 0 Å². The Morgan fingerprint density at radius 2 is 1.53 bits per heavy atom. The van der Waals surface area contributed by atoms with Gasteiger partial charge in [-0.2, -0.15) is 0 Å². The summed E-state index contributed by atoms with van der Waals surface area (Å²) in [4.78, 5) is 12.9. The third-order valence-corrected chi connectivity index (χ3v) is 16.3. The third kappa shape index (κ3) is 3.57. The highest BCUT2D eigenvalue weighted by atomic mass is 28.4. The highest BCUT2D eigenvalue weighted by Gasteiger charge is 2.69. The van der Waals surface area contributed by atoms with E-state index in [1.165, 1.54) is 25.7 Å². The number of ether oxygens (including phenoxy) is 2. The van der Waals surface area contributed by atoms with Gasteiger partial charge < -0.3 is 13.9 Å². The minimum atomic E-state index is -1.84. The average molecular weight is 491 g/mol. The summed E-state index contributed by atoms with van der Waals surface area (Å²) in [6.45, 7) is 23.2. The lowest BCUT2D eigenvalue weighted by atomic mass is 9.43. The van der Waals surface area contributed by atoms with Gasteiger partial charge in [-0.15, -0.1) is 0 Å². The highest BCUT2D eigenvalue weighted by Crippen LogP contribution is 2.69. The molecule has 5 rings (SSSR count). The Labute approximate surface area is 209 Å². The van der Waals surface area contributed by atoms with Gasteiger partial charge in [0.25, 0.3) is 0 Å². The maximum atomic E-state index is 12.9. The quantitative estimate of drug-likeness (QED) is 0.392. The van der Waals surface area contributed by atoms with Crippen molar-refractivity contribution >= 4 is 14.1 Å². The minimum absolute atomic E-state index is 0.0420. The van der Waals surface area contributed by atoms with Crippen LogP contribution in [0.1, 0.15) is 93.9 Å². The monoisotopic (exact) mass is 490 g/mol. The summed E-state index contributed by atoms with van der Waals surface area (Å²) in [5.41, 5.74) is 0.360. The topological polar surface area (TPSA) is 44.8 Å². The average Bonchev–Trinajstić information content (AvgIpc) is 3.18. The van der Waals surface area contributed by atoms with E-state index in [1.807, 2.05) is 0 Å². The summed E-state index contributed by atoms with van der Waals surface area (Å²) in [6.07, 6.45) is 7.06. The van der Waals surface area contributed by atoms with Crippen LogP contribution in [0.15, 0.2) is 0 Å². The van der Waals surface area contributed by atoms with Crippen LogP contribution in [-0.4, -0.2) is 38.2 Å². The van der Waals surface area contributed by atoms with E-state index >= 15 is 0 Å². The van der Waals surface area contributed by atoms with E-state index in [4.69, 9.17) is 13.9 Å². The van der Waals surface area contributed by atoms with E-state index in [9.17, 15) is 4.79 Å². The molecule has 0 aromatic rings. The molecule has 0 aromatic carbocycles. The van der Waals surface area contributed by atoms with E-state index in [1.54, 1.807) is 0 Å². The van der Waals surface area contributed by atoms with Gasteiger partial charge in [-0.1, -0.05) is 41.5 Å². The van der Waals surface area contributed by atoms with E-state index < -0.39 is 14.1 Å². The zero-order valence-electron chi connectivity index (χ0n) is 23.5. The van der Waals surface area contributed by atoms with Gasteiger partial charge in [-0.25, -0.2) is 0 Å². The van der Waals surface area contributed by atoms with Crippen LogP contribution in [0.3, 0.4) is 0 Å². The molecule has 1 heterocycles. The van der Waals surface area contributed by atoms with Crippen LogP contribution >= 0.6 is 0 Å². The van der Waals surface area contributed by atoms with Crippen LogP contribution in [0.2, 0.25) is 18.1 Å². The summed E-state index contributed by atoms with van der Waals surface area (Å²) < 4.78 is 20.6. The fourth-order valence-electron chi connectivity index (χ4n) is 9.02. The van der Waals surface area contributed by atoms with Crippen molar-refractivity contribution in [1.82, 2.24) is 0 Å². The number of carbonyl (C=O) groups is 1. The normalized spacial score (nSPS) is 50.4. The molecule has 194 valence electrons. The number of rotatable bonds is 2. The second kappa shape index (κ2) is 7.64. The second-order valence-electron chi connectivity index (χ2n) is 15.2. The maximum absolute atomic E-state index is 12.9. The molecule has 1 saturated heterocycles. The van der Waals surface area contributed by atoms with Crippen molar-refractivity contribution in [3.8, 4) is 0 Å². The van der Waals surface area contributed by atoms with E-state index in [0.29, 0.717) is 36.1 Å². The summed E-state index contributed by atoms with van der Waals surface area (Å²) >= 11 is 0. The maximum Gasteiger partial charge on any atom is 0.192 e. The number of carbonyl (C=O) groups excluding carboxylic acids is 1. The van der Waals surface area contributed by atoms with Gasteiger partial charge in [-0.3, -0.25) is 4.79 Å². The van der Waals surface area contributed by atoms with E-state index in [2.05, 4.69) is 68.5 Å². The smallest absolute Gasteiger partial charge is 0.192 e. The molecule has 5 fully saturated rings. The van der Waals surface area contributed by atoms with Crippen molar-refractivity contribution in [2.24, 2.45) is 40.4 Å². The summed E-state index contributed by atoms with van der Waals surface area (Å²) in [5.74, 6) is 2.03. The van der Waals surface area contributed by atoms with Crippen LogP contribution in [0.5, 0.6) is 0 Å². The lowest BCUT2D eigenvalue weighted by Crippen LogP contribution is -2.64. The second-order valence-corrected chi connectivity index (χ2v) is 20.0. The molecule has 5 aliphatic rings. The first kappa shape index (κ1) is 25.4. The van der Waals surface area contributed by atoms with Crippen molar-refractivity contribution in [3.63, 3.8) is 0 Å². The Balaban J connectivity index is 1.51. The van der Waals surface area contributed by atoms with Crippen LogP contribution in [-0.2, 0) is 18.7 Å². The van der Waals surface area contributed by atoms with Crippen LogP contribution in [0, 0.1) is 40.4 Å². The Kier molecular flexibility index (Phi) is 5.72. The molecule has 1 aliphatic heterocycles. The van der Waals surface area contributed by atoms with Crippen LogP contribution in [0.25, 0.3) is 0 Å². The van der Waals surface area contributed by atoms with Gasteiger partial charge in [0.1, 0.15) is 5.78 Å². The van der Waals surface area contributed by atoms with Gasteiger partial charge in [-0.05, 0) is 92.7 Å². The largest absolute Gasteiger partial charge is 0.413 e. The van der Waals surface area contributed by atoms with E-state index in [-0.39, 0.29) is 39.9 Å². The molecule has 10 atom stereocenters. The minimum Gasteiger partial charge on any atom is -0.413 e. The molecule has 4 saturated carbocycles. The molecular formula is C29H50O4Si. The number of Topliss-reactive ketones (excluding diaryl/α,β-unsaturated/α-hetero) is 1. The summed E-state index contributed by atoms with van der Waals surface area (Å²) in [6, 6.07) is 0.